The van der Waals surface area contributed by atoms with Crippen LogP contribution in [0.5, 0.6) is 11.5 Å². The Kier molecular flexibility index (Phi) is 2.49. The van der Waals surface area contributed by atoms with Crippen LogP contribution in [0.2, 0.25) is 0 Å². The first-order valence-electron chi connectivity index (χ1n) is 3.43. The van der Waals surface area contributed by atoms with Gasteiger partial charge in [-0.15, -0.1) is 0 Å². The van der Waals surface area contributed by atoms with Gasteiger partial charge in [0.15, 0.2) is 0 Å². The summed E-state index contributed by atoms with van der Waals surface area (Å²) in [6.45, 7) is 0. The second-order valence-corrected chi connectivity index (χ2v) is 2.34. The highest BCUT2D eigenvalue weighted by Crippen LogP contribution is 2.23. The van der Waals surface area contributed by atoms with Crippen LogP contribution in [0.15, 0.2) is 24.4 Å². The van der Waals surface area contributed by atoms with E-state index >= 15 is 0 Å². The molecule has 0 saturated heterocycles. The molecule has 5 nitrogen and oxygen atoms in total. The van der Waals surface area contributed by atoms with Gasteiger partial charge in [0.05, 0.1) is 4.92 Å². The first-order valence-corrected chi connectivity index (χ1v) is 3.43. The molecule has 0 saturated carbocycles. The second-order valence-electron chi connectivity index (χ2n) is 2.34. The van der Waals surface area contributed by atoms with Crippen molar-refractivity contribution in [1.82, 2.24) is 0 Å². The largest absolute Gasteiger partial charge is 0.508 e. The van der Waals surface area contributed by atoms with Gasteiger partial charge in [-0.1, -0.05) is 0 Å². The number of phenolic OH excluding ortho intramolecular Hbond substituents is 2. The highest BCUT2D eigenvalue weighted by Gasteiger charge is 1.99. The number of phenols is 2. The molecular weight excluding hydrogens is 174 g/mol. The Balaban J connectivity index is 2.96. The van der Waals surface area contributed by atoms with Crippen LogP contribution in [0.4, 0.5) is 0 Å². The third-order valence-electron chi connectivity index (χ3n) is 1.39. The fraction of sp³-hybridized carbons (Fsp3) is 0. The molecule has 13 heavy (non-hydrogen) atoms. The van der Waals surface area contributed by atoms with Gasteiger partial charge in [-0.25, -0.2) is 0 Å². The minimum Gasteiger partial charge on any atom is -0.508 e. The topological polar surface area (TPSA) is 83.6 Å². The minimum absolute atomic E-state index is 0.0873. The normalized spacial score (nSPS) is 10.5. The summed E-state index contributed by atoms with van der Waals surface area (Å²) < 4.78 is 0. The van der Waals surface area contributed by atoms with Gasteiger partial charge in [0.25, 0.3) is 0 Å². The molecular formula is C8H7NO4. The number of hydrogen-bond donors (Lipinski definition) is 2. The zero-order valence-electron chi connectivity index (χ0n) is 6.54. The van der Waals surface area contributed by atoms with Crippen LogP contribution >= 0.6 is 0 Å². The van der Waals surface area contributed by atoms with Crippen LogP contribution in [0, 0.1) is 10.1 Å². The number of aromatic hydroxyl groups is 2. The van der Waals surface area contributed by atoms with E-state index in [0.29, 0.717) is 6.20 Å². The van der Waals surface area contributed by atoms with Crippen molar-refractivity contribution >= 4 is 6.08 Å². The minimum atomic E-state index is -0.633. The quantitative estimate of drug-likeness (QED) is 0.532. The average molecular weight is 181 g/mol. The third-order valence-corrected chi connectivity index (χ3v) is 1.39. The molecule has 0 aromatic heterocycles. The lowest BCUT2D eigenvalue weighted by atomic mass is 10.2. The predicted octanol–water partition coefficient (Wildman–Crippen LogP) is 1.35. The number of benzene rings is 1. The Morgan fingerprint density at radius 3 is 2.62 bits per heavy atom. The van der Waals surface area contributed by atoms with Crippen molar-refractivity contribution < 1.29 is 15.1 Å². The summed E-state index contributed by atoms with van der Waals surface area (Å²) in [5, 5.41) is 28.0. The summed E-state index contributed by atoms with van der Waals surface area (Å²) in [7, 11) is 0. The van der Waals surface area contributed by atoms with E-state index in [2.05, 4.69) is 0 Å². The Labute approximate surface area is 73.7 Å². The zero-order valence-corrected chi connectivity index (χ0v) is 6.54. The maximum Gasteiger partial charge on any atom is 0.235 e. The zero-order chi connectivity index (χ0) is 9.84. The molecule has 1 aromatic carbocycles. The lowest BCUT2D eigenvalue weighted by Gasteiger charge is -1.97. The molecule has 5 heteroatoms. The van der Waals surface area contributed by atoms with Gasteiger partial charge in [0.2, 0.25) is 6.20 Å². The van der Waals surface area contributed by atoms with Gasteiger partial charge < -0.3 is 10.2 Å². The van der Waals surface area contributed by atoms with E-state index in [1.165, 1.54) is 12.1 Å². The van der Waals surface area contributed by atoms with E-state index in [1.54, 1.807) is 0 Å². The van der Waals surface area contributed by atoms with E-state index in [-0.39, 0.29) is 17.1 Å². The summed E-state index contributed by atoms with van der Waals surface area (Å²) in [5.41, 5.74) is 0.287. The van der Waals surface area contributed by atoms with Crippen molar-refractivity contribution in [2.45, 2.75) is 0 Å². The van der Waals surface area contributed by atoms with Crippen LogP contribution in [-0.2, 0) is 0 Å². The van der Waals surface area contributed by atoms with Crippen molar-refractivity contribution in [2.75, 3.05) is 0 Å². The van der Waals surface area contributed by atoms with Gasteiger partial charge in [0, 0.05) is 17.7 Å². The van der Waals surface area contributed by atoms with E-state index in [0.717, 1.165) is 12.1 Å². The van der Waals surface area contributed by atoms with Gasteiger partial charge in [-0.2, -0.15) is 0 Å². The van der Waals surface area contributed by atoms with Gasteiger partial charge in [-0.3, -0.25) is 10.1 Å². The first kappa shape index (κ1) is 9.05. The van der Waals surface area contributed by atoms with Gasteiger partial charge in [-0.05, 0) is 12.1 Å². The smallest absolute Gasteiger partial charge is 0.235 e. The third kappa shape index (κ3) is 2.48. The van der Waals surface area contributed by atoms with Crippen molar-refractivity contribution in [2.24, 2.45) is 0 Å². The molecule has 0 amide bonds. The molecule has 0 bridgehead atoms. The molecule has 1 aromatic rings. The Hall–Kier alpha value is -2.04. The maximum atomic E-state index is 9.94. The monoisotopic (exact) mass is 181 g/mol. The van der Waals surface area contributed by atoms with E-state index in [9.17, 15) is 15.2 Å². The van der Waals surface area contributed by atoms with Crippen LogP contribution in [0.25, 0.3) is 6.08 Å². The standard InChI is InChI=1S/C8H7NO4/c10-7-2-1-6(8(11)5-7)3-4-9(12)13/h1-5,10-11H. The van der Waals surface area contributed by atoms with Crippen molar-refractivity contribution in [1.29, 1.82) is 0 Å². The molecule has 0 heterocycles. The number of rotatable bonds is 2. The summed E-state index contributed by atoms with van der Waals surface area (Å²) in [6, 6.07) is 3.82. The number of nitrogens with zero attached hydrogens (tertiary/aromatic N) is 1. The molecule has 0 radical (unpaired) electrons. The molecule has 0 aliphatic rings. The highest BCUT2D eigenvalue weighted by molar-refractivity contribution is 5.57. The van der Waals surface area contributed by atoms with Crippen molar-refractivity contribution in [3.05, 3.63) is 40.1 Å². The molecule has 0 unspecified atom stereocenters. The summed E-state index contributed by atoms with van der Waals surface area (Å²) in [5.74, 6) is -0.283. The Morgan fingerprint density at radius 2 is 2.08 bits per heavy atom. The predicted molar refractivity (Wildman–Crippen MR) is 45.8 cm³/mol. The fourth-order valence-electron chi connectivity index (χ4n) is 0.814. The highest BCUT2D eigenvalue weighted by atomic mass is 16.6. The molecule has 68 valence electrons. The summed E-state index contributed by atoms with van der Waals surface area (Å²) in [6.07, 6.45) is 1.86. The van der Waals surface area contributed by atoms with Crippen LogP contribution in [-0.4, -0.2) is 15.1 Å². The molecule has 1 rings (SSSR count). The molecule has 2 N–H and O–H groups in total. The Bertz CT molecular complexity index is 359. The summed E-state index contributed by atoms with van der Waals surface area (Å²) >= 11 is 0. The van der Waals surface area contributed by atoms with E-state index < -0.39 is 4.92 Å². The molecule has 0 spiro atoms. The lowest BCUT2D eigenvalue weighted by molar-refractivity contribution is -0.400. The number of hydrogen-bond acceptors (Lipinski definition) is 4. The van der Waals surface area contributed by atoms with Crippen LogP contribution < -0.4 is 0 Å². The second kappa shape index (κ2) is 3.57. The molecule has 0 aliphatic carbocycles. The Morgan fingerprint density at radius 1 is 1.38 bits per heavy atom. The van der Waals surface area contributed by atoms with Gasteiger partial charge in [0.1, 0.15) is 11.5 Å². The van der Waals surface area contributed by atoms with E-state index in [4.69, 9.17) is 5.11 Å². The van der Waals surface area contributed by atoms with Crippen LogP contribution in [0.3, 0.4) is 0 Å². The summed E-state index contributed by atoms with van der Waals surface area (Å²) in [4.78, 5) is 9.31. The maximum absolute atomic E-state index is 9.94. The first-order chi connectivity index (χ1) is 6.09. The van der Waals surface area contributed by atoms with Crippen molar-refractivity contribution in [3.63, 3.8) is 0 Å². The SMILES string of the molecule is O=[N+]([O-])C=Cc1ccc(O)cc1O. The molecule has 0 fully saturated rings. The molecule has 0 aliphatic heterocycles. The van der Waals surface area contributed by atoms with Gasteiger partial charge >= 0.3 is 0 Å². The van der Waals surface area contributed by atoms with E-state index in [1.807, 2.05) is 0 Å². The molecule has 0 atom stereocenters. The lowest BCUT2D eigenvalue weighted by Crippen LogP contribution is -1.82. The number of nitro groups is 1. The fourth-order valence-corrected chi connectivity index (χ4v) is 0.814. The van der Waals surface area contributed by atoms with Crippen LogP contribution in [0.1, 0.15) is 5.56 Å². The van der Waals surface area contributed by atoms with Crippen molar-refractivity contribution in [3.8, 4) is 11.5 Å². The average Bonchev–Trinajstić information content (AvgIpc) is 2.02.